The highest BCUT2D eigenvalue weighted by Crippen LogP contribution is 2.53. The molecule has 0 bridgehead atoms. The van der Waals surface area contributed by atoms with Crippen LogP contribution in [0.3, 0.4) is 0 Å². The molecule has 0 saturated carbocycles. The lowest BCUT2D eigenvalue weighted by molar-refractivity contribution is 0.670. The molecular formula is C80H46O2. The van der Waals surface area contributed by atoms with Crippen molar-refractivity contribution < 1.29 is 8.83 Å². The molecule has 0 saturated heterocycles. The van der Waals surface area contributed by atoms with Crippen LogP contribution < -0.4 is 0 Å². The van der Waals surface area contributed by atoms with Crippen LogP contribution in [0.25, 0.3) is 186 Å². The average Bonchev–Trinajstić information content (AvgIpc) is 4.28. The maximum absolute atomic E-state index is 7.08. The molecule has 18 aromatic rings. The minimum absolute atomic E-state index is 0.876. The van der Waals surface area contributed by atoms with Gasteiger partial charge in [-0.15, -0.1) is 0 Å². The van der Waals surface area contributed by atoms with E-state index in [2.05, 4.69) is 279 Å². The van der Waals surface area contributed by atoms with Gasteiger partial charge in [0.05, 0.1) is 0 Å². The largest absolute Gasteiger partial charge is 0.455 e. The minimum Gasteiger partial charge on any atom is -0.455 e. The highest BCUT2D eigenvalue weighted by molar-refractivity contribution is 6.31. The number of para-hydroxylation sites is 2. The van der Waals surface area contributed by atoms with Crippen LogP contribution in [-0.2, 0) is 0 Å². The van der Waals surface area contributed by atoms with Crippen LogP contribution in [0.2, 0.25) is 0 Å². The van der Waals surface area contributed by atoms with Crippen LogP contribution in [0.4, 0.5) is 0 Å². The number of rotatable bonds is 5. The van der Waals surface area contributed by atoms with Crippen molar-refractivity contribution in [2.24, 2.45) is 0 Å². The number of fused-ring (bicyclic) bond motifs is 16. The van der Waals surface area contributed by atoms with Gasteiger partial charge in [0, 0.05) is 32.7 Å². The third kappa shape index (κ3) is 6.46. The summed E-state index contributed by atoms with van der Waals surface area (Å²) in [5.74, 6) is 0. The van der Waals surface area contributed by atoms with Gasteiger partial charge in [-0.25, -0.2) is 0 Å². The van der Waals surface area contributed by atoms with Crippen molar-refractivity contribution in [2.45, 2.75) is 0 Å². The molecule has 0 radical (unpaired) electrons. The molecule has 82 heavy (non-hydrogen) atoms. The molecule has 2 nitrogen and oxygen atoms in total. The van der Waals surface area contributed by atoms with Gasteiger partial charge < -0.3 is 8.83 Å². The number of hydrogen-bond donors (Lipinski definition) is 0. The third-order valence-corrected chi connectivity index (χ3v) is 17.8. The maximum atomic E-state index is 7.08. The van der Waals surface area contributed by atoms with Crippen LogP contribution in [0.1, 0.15) is 0 Å². The van der Waals surface area contributed by atoms with Crippen LogP contribution in [-0.4, -0.2) is 0 Å². The Morgan fingerprint density at radius 2 is 0.439 bits per heavy atom. The molecule has 18 rings (SSSR count). The summed E-state index contributed by atoms with van der Waals surface area (Å²) in [6.45, 7) is 0. The van der Waals surface area contributed by atoms with Crippen LogP contribution in [0, 0.1) is 0 Å². The van der Waals surface area contributed by atoms with Gasteiger partial charge in [0.2, 0.25) is 0 Å². The molecule has 0 spiro atoms. The summed E-state index contributed by atoms with van der Waals surface area (Å²) in [7, 11) is 0. The quantitative estimate of drug-likeness (QED) is 0.161. The second-order valence-corrected chi connectivity index (χ2v) is 22.1. The molecule has 0 aliphatic rings. The van der Waals surface area contributed by atoms with Crippen molar-refractivity contribution >= 4 is 130 Å². The molecule has 0 atom stereocenters. The monoisotopic (exact) mass is 1040 g/mol. The second kappa shape index (κ2) is 17.3. The first-order valence-electron chi connectivity index (χ1n) is 28.3. The lowest BCUT2D eigenvalue weighted by Crippen LogP contribution is -1.95. The van der Waals surface area contributed by atoms with Gasteiger partial charge in [0.1, 0.15) is 22.3 Å². The fourth-order valence-corrected chi connectivity index (χ4v) is 14.3. The average molecular weight is 1040 g/mol. The summed E-state index contributed by atoms with van der Waals surface area (Å²) in [6.07, 6.45) is 0. The first kappa shape index (κ1) is 45.1. The van der Waals surface area contributed by atoms with E-state index < -0.39 is 0 Å². The minimum atomic E-state index is 0.876. The predicted molar refractivity (Wildman–Crippen MR) is 348 cm³/mol. The molecule has 0 fully saturated rings. The van der Waals surface area contributed by atoms with E-state index in [1.165, 1.54) is 98.0 Å². The Morgan fingerprint density at radius 3 is 0.829 bits per heavy atom. The SMILES string of the molecule is c1ccc2c(-c3cccc4c(-c5c6cccc(-c7cc8ccccc8c8c7oc7ccccc78)c6cc6c(-c7cc8ccccc8c8c7oc7ccccc78)cccc56)c5cccc(-c6cccc7ccccc67)c5cc34)cccc2c1. The summed E-state index contributed by atoms with van der Waals surface area (Å²) < 4.78 is 14.2. The van der Waals surface area contributed by atoms with Gasteiger partial charge in [0.15, 0.2) is 0 Å². The Balaban J connectivity index is 1.05. The molecule has 0 N–H and O–H groups in total. The lowest BCUT2D eigenvalue weighted by atomic mass is 9.81. The van der Waals surface area contributed by atoms with E-state index in [9.17, 15) is 0 Å². The molecule has 378 valence electrons. The second-order valence-electron chi connectivity index (χ2n) is 22.1. The molecule has 2 heteroatoms. The summed E-state index contributed by atoms with van der Waals surface area (Å²) in [5, 5.41) is 23.4. The van der Waals surface area contributed by atoms with Crippen molar-refractivity contribution in [1.82, 2.24) is 0 Å². The first-order valence-corrected chi connectivity index (χ1v) is 28.3. The summed E-state index contributed by atoms with van der Waals surface area (Å²) >= 11 is 0. The zero-order valence-electron chi connectivity index (χ0n) is 44.4. The molecule has 0 amide bonds. The molecule has 2 aromatic heterocycles. The van der Waals surface area contributed by atoms with Gasteiger partial charge in [-0.2, -0.15) is 0 Å². The van der Waals surface area contributed by atoms with E-state index in [1.54, 1.807) is 0 Å². The Kier molecular flexibility index (Phi) is 9.54. The van der Waals surface area contributed by atoms with E-state index in [-0.39, 0.29) is 0 Å². The fraction of sp³-hybridized carbons (Fsp3) is 0. The smallest absolute Gasteiger partial charge is 0.143 e. The van der Waals surface area contributed by atoms with Crippen molar-refractivity contribution in [3.8, 4) is 55.6 Å². The lowest BCUT2D eigenvalue weighted by Gasteiger charge is -2.22. The Hall–Kier alpha value is -10.8. The molecular weight excluding hydrogens is 993 g/mol. The highest BCUT2D eigenvalue weighted by Gasteiger charge is 2.26. The number of benzene rings is 16. The fourth-order valence-electron chi connectivity index (χ4n) is 14.3. The van der Waals surface area contributed by atoms with Gasteiger partial charge in [0.25, 0.3) is 0 Å². The van der Waals surface area contributed by atoms with E-state index in [0.717, 1.165) is 87.7 Å². The van der Waals surface area contributed by atoms with Crippen molar-refractivity contribution in [3.05, 3.63) is 279 Å². The van der Waals surface area contributed by atoms with E-state index >= 15 is 0 Å². The molecule has 0 unspecified atom stereocenters. The van der Waals surface area contributed by atoms with Crippen molar-refractivity contribution in [1.29, 1.82) is 0 Å². The maximum Gasteiger partial charge on any atom is 0.143 e. The summed E-state index contributed by atoms with van der Waals surface area (Å²) in [4.78, 5) is 0. The van der Waals surface area contributed by atoms with Crippen LogP contribution in [0.15, 0.2) is 288 Å². The van der Waals surface area contributed by atoms with Crippen molar-refractivity contribution in [3.63, 3.8) is 0 Å². The molecule has 16 aromatic carbocycles. The van der Waals surface area contributed by atoms with Crippen LogP contribution >= 0.6 is 0 Å². The Morgan fingerprint density at radius 1 is 0.171 bits per heavy atom. The topological polar surface area (TPSA) is 26.3 Å². The van der Waals surface area contributed by atoms with Gasteiger partial charge in [-0.1, -0.05) is 243 Å². The van der Waals surface area contributed by atoms with Crippen LogP contribution in [0.5, 0.6) is 0 Å². The first-order chi connectivity index (χ1) is 40.7. The summed E-state index contributed by atoms with van der Waals surface area (Å²) in [6, 6.07) is 103. The Labute approximate surface area is 470 Å². The highest BCUT2D eigenvalue weighted by atomic mass is 16.3. The van der Waals surface area contributed by atoms with Gasteiger partial charge in [-0.05, 0) is 167 Å². The standard InChI is InChI=1S/C80H46O2/c1-5-25-51-47(19-1)23-13-31-55(51)57-33-15-37-61-67(57)45-68-58(56-32-14-24-48-20-2-6-26-52(48)56)34-16-38-62(68)75(61)76-63-39-17-35-59(71-43-49-21-3-7-27-53(49)77-65-29-9-11-41-73(65)81-79(71)77)69(63)46-70-60(36-18-40-64(70)76)72-44-50-22-4-8-28-54(50)78-66-30-10-12-42-74(66)82-80(72)78/h1-46H. The van der Waals surface area contributed by atoms with Gasteiger partial charge in [-0.3, -0.25) is 0 Å². The third-order valence-electron chi connectivity index (χ3n) is 17.8. The number of hydrogen-bond acceptors (Lipinski definition) is 2. The molecule has 2 heterocycles. The van der Waals surface area contributed by atoms with E-state index in [1.807, 2.05) is 0 Å². The van der Waals surface area contributed by atoms with E-state index in [4.69, 9.17) is 8.83 Å². The predicted octanol–water partition coefficient (Wildman–Crippen LogP) is 23.0. The van der Waals surface area contributed by atoms with Crippen molar-refractivity contribution in [2.75, 3.05) is 0 Å². The van der Waals surface area contributed by atoms with Gasteiger partial charge >= 0.3 is 0 Å². The Bertz CT molecular complexity index is 5410. The molecule has 0 aliphatic carbocycles. The van der Waals surface area contributed by atoms with E-state index in [0.29, 0.717) is 0 Å². The normalized spacial score (nSPS) is 12.1. The molecule has 0 aliphatic heterocycles. The zero-order valence-corrected chi connectivity index (χ0v) is 44.4. The number of furan rings is 2. The zero-order chi connectivity index (χ0) is 53.6. The summed E-state index contributed by atoms with van der Waals surface area (Å²) in [5.41, 5.74) is 15.0.